The quantitative estimate of drug-likeness (QED) is 0.0854. The maximum atomic E-state index is 14.4. The van der Waals surface area contributed by atoms with Crippen LogP contribution in [0.25, 0.3) is 10.8 Å². The van der Waals surface area contributed by atoms with Crippen molar-refractivity contribution in [1.82, 2.24) is 24.4 Å². The number of carbonyl (C=O) groups is 1. The minimum atomic E-state index is -1.27. The number of fused-ring (bicyclic) bond motifs is 12. The topological polar surface area (TPSA) is 184 Å². The Bertz CT molecular complexity index is 3290. The number of aliphatic hydroxyl groups is 3. The van der Waals surface area contributed by atoms with Crippen LogP contribution in [0, 0.1) is 0 Å². The fraction of sp³-hybridized carbons (Fsp3) is 0.227. The molecule has 13 rings (SSSR count). The number of aliphatic imine (C=N–C) groups is 2. The van der Waals surface area contributed by atoms with E-state index in [1.54, 1.807) is 6.33 Å². The predicted molar refractivity (Wildman–Crippen MR) is 214 cm³/mol. The van der Waals surface area contributed by atoms with Crippen molar-refractivity contribution in [3.05, 3.63) is 146 Å². The summed E-state index contributed by atoms with van der Waals surface area (Å²) >= 11 is 0. The molecule has 6 aliphatic heterocycles. The number of rotatable bonds is 9. The highest BCUT2D eigenvalue weighted by atomic mass is 16.3. The highest BCUT2D eigenvalue weighted by molar-refractivity contribution is 6.21. The molecule has 1 unspecified atom stereocenters. The van der Waals surface area contributed by atoms with Gasteiger partial charge in [0.15, 0.2) is 0 Å². The van der Waals surface area contributed by atoms with Crippen molar-refractivity contribution in [2.24, 2.45) is 20.0 Å². The van der Waals surface area contributed by atoms with Gasteiger partial charge in [0.2, 0.25) is 22.6 Å². The molecule has 0 saturated carbocycles. The third-order valence-corrected chi connectivity index (χ3v) is 12.8. The highest BCUT2D eigenvalue weighted by Gasteiger charge is 2.70. The van der Waals surface area contributed by atoms with E-state index in [4.69, 9.17) is 20.0 Å². The first-order valence-corrected chi connectivity index (χ1v) is 20.0. The van der Waals surface area contributed by atoms with Crippen LogP contribution in [0.15, 0.2) is 98.7 Å². The van der Waals surface area contributed by atoms with Gasteiger partial charge in [0.05, 0.1) is 59.7 Å². The Labute approximate surface area is 334 Å². The Kier molecular flexibility index (Phi) is 6.50. The van der Waals surface area contributed by atoms with E-state index in [1.165, 1.54) is 0 Å². The summed E-state index contributed by atoms with van der Waals surface area (Å²) in [5, 5.41) is 36.0. The Morgan fingerprint density at radius 1 is 0.797 bits per heavy atom. The van der Waals surface area contributed by atoms with E-state index in [2.05, 4.69) is 39.6 Å². The SMILES string of the molecule is O=C(NCCCCc1c[nH]cn1)c1cccc2c1C1=[N+]3C2=Nc2c4c(c5n2C32n3c(c6cc(CO)ccc6c3=N1)=NC1=[N+]2C(=N5)c2ccc(CO)cc21)CC(CO)=CC4. The van der Waals surface area contributed by atoms with Crippen molar-refractivity contribution in [3.63, 3.8) is 0 Å². The molecule has 288 valence electrons. The lowest BCUT2D eigenvalue weighted by Crippen LogP contribution is -2.71. The number of nitrogens with zero attached hydrogens (tertiary/aromatic N) is 9. The fourth-order valence-electron chi connectivity index (χ4n) is 10.2. The largest absolute Gasteiger partial charge is 0.404 e. The fourth-order valence-corrected chi connectivity index (χ4v) is 10.2. The van der Waals surface area contributed by atoms with Gasteiger partial charge in [-0.1, -0.05) is 44.2 Å². The molecule has 1 aliphatic carbocycles. The molecule has 15 nitrogen and oxygen atoms in total. The number of benzene rings is 3. The van der Waals surface area contributed by atoms with Gasteiger partial charge in [-0.05, 0) is 78.8 Å². The van der Waals surface area contributed by atoms with Gasteiger partial charge in [0.25, 0.3) is 29.2 Å². The Morgan fingerprint density at radius 3 is 2.41 bits per heavy atom. The number of amidine groups is 4. The zero-order valence-electron chi connectivity index (χ0n) is 31.6. The van der Waals surface area contributed by atoms with Gasteiger partial charge in [0.1, 0.15) is 0 Å². The van der Waals surface area contributed by atoms with Gasteiger partial charge in [0, 0.05) is 41.1 Å². The van der Waals surface area contributed by atoms with Crippen LogP contribution in [0.1, 0.15) is 73.4 Å². The lowest BCUT2D eigenvalue weighted by atomic mass is 9.94. The van der Waals surface area contributed by atoms with Crippen molar-refractivity contribution in [3.8, 4) is 0 Å². The van der Waals surface area contributed by atoms with Crippen molar-refractivity contribution in [1.29, 1.82) is 0 Å². The first-order valence-electron chi connectivity index (χ1n) is 20.0. The van der Waals surface area contributed by atoms with Crippen LogP contribution < -0.4 is 16.3 Å². The number of imidazole rings is 1. The number of carbonyl (C=O) groups excluding carboxylic acids is 1. The Balaban J connectivity index is 1.11. The molecule has 0 saturated heterocycles. The molecular weight excluding hydrogens is 747 g/mol. The van der Waals surface area contributed by atoms with E-state index in [1.807, 2.05) is 60.8 Å². The van der Waals surface area contributed by atoms with Crippen LogP contribution in [0.2, 0.25) is 0 Å². The smallest absolute Gasteiger partial charge is 0.392 e. The van der Waals surface area contributed by atoms with E-state index in [-0.39, 0.29) is 25.7 Å². The van der Waals surface area contributed by atoms with Crippen LogP contribution in [0.3, 0.4) is 0 Å². The molecule has 1 amide bonds. The summed E-state index contributed by atoms with van der Waals surface area (Å²) in [7, 11) is 0. The van der Waals surface area contributed by atoms with Crippen molar-refractivity contribution in [2.45, 2.75) is 51.2 Å². The monoisotopic (exact) mass is 781 g/mol. The third-order valence-electron chi connectivity index (χ3n) is 12.8. The molecule has 9 heterocycles. The second-order valence-electron chi connectivity index (χ2n) is 15.9. The summed E-state index contributed by atoms with van der Waals surface area (Å²) in [4.78, 5) is 43.7. The first-order chi connectivity index (χ1) is 29.0. The molecule has 0 fully saturated rings. The number of unbranched alkanes of at least 4 members (excludes halogenated alkanes) is 1. The number of allylic oxidation sites excluding steroid dienone is 1. The van der Waals surface area contributed by atoms with Crippen molar-refractivity contribution in [2.75, 3.05) is 13.2 Å². The third kappa shape index (κ3) is 4.01. The average Bonchev–Trinajstić information content (AvgIpc) is 4.10. The molecular formula is C44H35N11O4+2. The molecule has 3 aromatic heterocycles. The average molecular weight is 782 g/mol. The standard InChI is InChI=1S/C44H33N11O4/c56-18-22-7-10-26-31(14-22)39-49-36-27-11-8-23(19-57)15-32(27)40-50-41-33-16-24(20-58)9-12-28(33)37-51-42-34-29(38-48-35(26)52(39)44(53(36)40,54(37)41)55(38)42)5-3-6-30(34)43(59)46-13-2-1-4-25-17-45-21-47-25/h3,5-9,11-12,15-17,21,56-58H,1-2,4,10,13-14,18-20H2/p+2. The lowest BCUT2D eigenvalue weighted by molar-refractivity contribution is -0.790. The van der Waals surface area contributed by atoms with Crippen molar-refractivity contribution >= 4 is 51.7 Å². The number of aromatic amines is 1. The summed E-state index contributed by atoms with van der Waals surface area (Å²) < 4.78 is 8.73. The molecule has 3 aromatic carbocycles. The maximum Gasteiger partial charge on any atom is 0.404 e. The number of aryl methyl sites for hydroxylation is 1. The number of hydrogen-bond donors (Lipinski definition) is 5. The summed E-state index contributed by atoms with van der Waals surface area (Å²) in [5.41, 5.74) is 10.5. The van der Waals surface area contributed by atoms with Crippen molar-refractivity contribution < 1.29 is 29.3 Å². The van der Waals surface area contributed by atoms with Crippen LogP contribution in [-0.4, -0.2) is 86.0 Å². The molecule has 6 aromatic rings. The summed E-state index contributed by atoms with van der Waals surface area (Å²) in [6.07, 6.45) is 9.26. The van der Waals surface area contributed by atoms with E-state index >= 15 is 0 Å². The van der Waals surface area contributed by atoms with Gasteiger partial charge in [-0.25, -0.2) is 4.98 Å². The zero-order valence-corrected chi connectivity index (χ0v) is 31.6. The van der Waals surface area contributed by atoms with E-state index in [0.717, 1.165) is 91.9 Å². The number of nitrogens with one attached hydrogen (secondary N) is 2. The number of amides is 1. The van der Waals surface area contributed by atoms with Gasteiger partial charge >= 0.3 is 5.91 Å². The van der Waals surface area contributed by atoms with Gasteiger partial charge in [-0.15, -0.1) is 9.15 Å². The molecule has 59 heavy (non-hydrogen) atoms. The van der Waals surface area contributed by atoms with Gasteiger partial charge in [-0.2, -0.15) is 9.13 Å². The molecule has 5 N–H and O–H groups in total. The van der Waals surface area contributed by atoms with E-state index < -0.39 is 5.91 Å². The normalized spacial score (nSPS) is 19.0. The molecule has 0 radical (unpaired) electrons. The maximum absolute atomic E-state index is 14.4. The minimum absolute atomic E-state index is 0.0545. The molecule has 0 bridgehead atoms. The first kappa shape index (κ1) is 33.1. The Hall–Kier alpha value is -6.94. The predicted octanol–water partition coefficient (Wildman–Crippen LogP) is 2.03. The second-order valence-corrected chi connectivity index (χ2v) is 15.9. The molecule has 15 heteroatoms. The van der Waals surface area contributed by atoms with E-state index in [9.17, 15) is 20.1 Å². The second kappa shape index (κ2) is 11.6. The molecule has 1 spiro atoms. The number of hydrogen-bond acceptors (Lipinski definition) is 9. The van der Waals surface area contributed by atoms with Crippen LogP contribution in [-0.2, 0) is 38.4 Å². The molecule has 7 aliphatic rings. The summed E-state index contributed by atoms with van der Waals surface area (Å²) in [6.45, 7) is 0.165. The minimum Gasteiger partial charge on any atom is -0.392 e. The van der Waals surface area contributed by atoms with E-state index in [0.29, 0.717) is 64.8 Å². The zero-order chi connectivity index (χ0) is 39.3. The number of H-pyrrole nitrogens is 1. The number of aromatic nitrogens is 4. The number of aliphatic hydroxyl groups excluding tert-OH is 3. The van der Waals surface area contributed by atoms with Gasteiger partial charge in [-0.3, -0.25) is 4.79 Å². The summed E-state index contributed by atoms with van der Waals surface area (Å²) in [5.74, 6) is 2.61. The van der Waals surface area contributed by atoms with Gasteiger partial charge < -0.3 is 25.6 Å². The summed E-state index contributed by atoms with van der Waals surface area (Å²) in [6, 6.07) is 17.6. The highest BCUT2D eigenvalue weighted by Crippen LogP contribution is 2.53. The lowest BCUT2D eigenvalue weighted by Gasteiger charge is -2.40. The van der Waals surface area contributed by atoms with Crippen LogP contribution >= 0.6 is 0 Å². The Morgan fingerprint density at radius 2 is 1.58 bits per heavy atom. The van der Waals surface area contributed by atoms with Crippen LogP contribution in [0.4, 0.5) is 11.6 Å². The van der Waals surface area contributed by atoms with Crippen LogP contribution in [0.5, 0.6) is 0 Å². The molecule has 1 atom stereocenters.